The summed E-state index contributed by atoms with van der Waals surface area (Å²) in [7, 11) is -0.566. The van der Waals surface area contributed by atoms with Crippen LogP contribution in [0.4, 0.5) is 10.6 Å². The van der Waals surface area contributed by atoms with Crippen molar-refractivity contribution in [2.24, 2.45) is 0 Å². The van der Waals surface area contributed by atoms with Gasteiger partial charge in [-0.15, -0.1) is 0 Å². The number of rotatable bonds is 2. The van der Waals surface area contributed by atoms with E-state index in [1.54, 1.807) is 17.2 Å². The maximum absolute atomic E-state index is 12.5. The van der Waals surface area contributed by atoms with Gasteiger partial charge in [0, 0.05) is 37.8 Å². The van der Waals surface area contributed by atoms with Gasteiger partial charge in [0.25, 0.3) is 0 Å². The molecule has 0 atom stereocenters. The molecule has 0 radical (unpaired) electrons. The fourth-order valence-corrected chi connectivity index (χ4v) is 3.71. The maximum Gasteiger partial charge on any atom is 0.496 e. The van der Waals surface area contributed by atoms with Crippen LogP contribution in [0.15, 0.2) is 12.3 Å². The van der Waals surface area contributed by atoms with E-state index in [9.17, 15) is 10.1 Å². The van der Waals surface area contributed by atoms with E-state index >= 15 is 0 Å². The molecule has 3 rings (SSSR count). The molecule has 1 aromatic rings. The molecule has 3 heterocycles. The molecule has 9 heteroatoms. The van der Waals surface area contributed by atoms with Crippen LogP contribution in [0.1, 0.15) is 66.9 Å². The minimum Gasteiger partial charge on any atom is -0.444 e. The van der Waals surface area contributed by atoms with E-state index in [1.807, 2.05) is 48.5 Å². The Labute approximate surface area is 192 Å². The molecule has 1 aromatic heterocycles. The summed E-state index contributed by atoms with van der Waals surface area (Å²) in [5.74, 6) is 0.624. The summed E-state index contributed by atoms with van der Waals surface area (Å²) in [6, 6.07) is 4.08. The van der Waals surface area contributed by atoms with E-state index in [1.165, 1.54) is 0 Å². The molecule has 0 aliphatic carbocycles. The number of carbonyl (C=O) groups excluding carboxylic acids is 1. The normalized spacial score (nSPS) is 21.0. The number of carbonyl (C=O) groups is 1. The van der Waals surface area contributed by atoms with Gasteiger partial charge in [0.2, 0.25) is 0 Å². The molecule has 2 aliphatic rings. The molecule has 0 aromatic carbocycles. The Kier molecular flexibility index (Phi) is 6.78. The van der Waals surface area contributed by atoms with Gasteiger partial charge in [0.15, 0.2) is 0 Å². The van der Waals surface area contributed by atoms with Crippen molar-refractivity contribution in [3.63, 3.8) is 0 Å². The molecule has 32 heavy (non-hydrogen) atoms. The van der Waals surface area contributed by atoms with Crippen molar-refractivity contribution in [1.82, 2.24) is 9.88 Å². The first-order valence-electron chi connectivity index (χ1n) is 11.3. The van der Waals surface area contributed by atoms with Crippen molar-refractivity contribution in [1.29, 1.82) is 5.26 Å². The van der Waals surface area contributed by atoms with Crippen LogP contribution < -0.4 is 10.4 Å². The average molecular weight is 442 g/mol. The number of aromatic nitrogens is 1. The highest BCUT2D eigenvalue weighted by Gasteiger charge is 2.52. The minimum absolute atomic E-state index is 0.302. The third kappa shape index (κ3) is 5.36. The molecule has 2 saturated heterocycles. The number of hydrogen-bond acceptors (Lipinski definition) is 7. The third-order valence-corrected chi connectivity index (χ3v) is 6.23. The third-order valence-electron chi connectivity index (χ3n) is 6.23. The monoisotopic (exact) mass is 442 g/mol. The minimum atomic E-state index is -0.566. The Hall–Kier alpha value is -2.31. The van der Waals surface area contributed by atoms with Gasteiger partial charge in [-0.1, -0.05) is 0 Å². The van der Waals surface area contributed by atoms with Crippen molar-refractivity contribution >= 4 is 24.5 Å². The van der Waals surface area contributed by atoms with Crippen LogP contribution in [0.2, 0.25) is 0 Å². The lowest BCUT2D eigenvalue weighted by molar-refractivity contribution is 0.00578. The van der Waals surface area contributed by atoms with Crippen molar-refractivity contribution in [2.75, 3.05) is 31.1 Å². The SMILES string of the molecule is CC(C)(C)OC(=O)N1CCCCN(c2ncc(B3OC(C)(C)C(C)(C)O3)cc2C#N)CC1. The van der Waals surface area contributed by atoms with Gasteiger partial charge < -0.3 is 23.8 Å². The smallest absolute Gasteiger partial charge is 0.444 e. The number of nitriles is 1. The number of pyridine rings is 1. The predicted octanol–water partition coefficient (Wildman–Crippen LogP) is 3.09. The van der Waals surface area contributed by atoms with Crippen LogP contribution in [0, 0.1) is 11.3 Å². The van der Waals surface area contributed by atoms with Gasteiger partial charge in [-0.25, -0.2) is 9.78 Å². The summed E-state index contributed by atoms with van der Waals surface area (Å²) < 4.78 is 17.8. The first-order chi connectivity index (χ1) is 14.8. The summed E-state index contributed by atoms with van der Waals surface area (Å²) >= 11 is 0. The summed E-state index contributed by atoms with van der Waals surface area (Å²) in [6.07, 6.45) is 3.18. The maximum atomic E-state index is 12.5. The van der Waals surface area contributed by atoms with E-state index in [4.69, 9.17) is 14.0 Å². The van der Waals surface area contributed by atoms with E-state index in [0.717, 1.165) is 24.8 Å². The van der Waals surface area contributed by atoms with Gasteiger partial charge in [0.1, 0.15) is 17.5 Å². The van der Waals surface area contributed by atoms with Gasteiger partial charge in [0.05, 0.1) is 16.8 Å². The van der Waals surface area contributed by atoms with Gasteiger partial charge in [-0.05, 0) is 67.4 Å². The fourth-order valence-electron chi connectivity index (χ4n) is 3.71. The topological polar surface area (TPSA) is 87.9 Å². The van der Waals surface area contributed by atoms with Crippen LogP contribution in [0.25, 0.3) is 0 Å². The quantitative estimate of drug-likeness (QED) is 0.651. The number of amides is 1. The average Bonchev–Trinajstić information content (AvgIpc) is 2.87. The summed E-state index contributed by atoms with van der Waals surface area (Å²) in [4.78, 5) is 21.0. The lowest BCUT2D eigenvalue weighted by Gasteiger charge is -2.33. The highest BCUT2D eigenvalue weighted by atomic mass is 16.7. The second-order valence-corrected chi connectivity index (χ2v) is 10.5. The van der Waals surface area contributed by atoms with Crippen molar-refractivity contribution in [2.45, 2.75) is 78.1 Å². The first-order valence-corrected chi connectivity index (χ1v) is 11.3. The highest BCUT2D eigenvalue weighted by Crippen LogP contribution is 2.36. The molecule has 0 spiro atoms. The number of anilines is 1. The van der Waals surface area contributed by atoms with E-state index in [-0.39, 0.29) is 6.09 Å². The van der Waals surface area contributed by atoms with Gasteiger partial charge in [-0.3, -0.25) is 0 Å². The second kappa shape index (κ2) is 8.91. The molecular weight excluding hydrogens is 407 g/mol. The van der Waals surface area contributed by atoms with Crippen molar-refractivity contribution in [3.8, 4) is 6.07 Å². The molecular formula is C23H35BN4O4. The molecule has 174 valence electrons. The summed E-state index contributed by atoms with van der Waals surface area (Å²) in [5, 5.41) is 9.83. The summed E-state index contributed by atoms with van der Waals surface area (Å²) in [6.45, 7) is 16.1. The van der Waals surface area contributed by atoms with Crippen LogP contribution in [-0.4, -0.2) is 66.1 Å². The van der Waals surface area contributed by atoms with E-state index < -0.39 is 23.9 Å². The number of nitrogens with zero attached hydrogens (tertiary/aromatic N) is 4. The Balaban J connectivity index is 1.76. The van der Waals surface area contributed by atoms with Crippen molar-refractivity contribution < 1.29 is 18.8 Å². The first kappa shape index (κ1) is 24.3. The highest BCUT2D eigenvalue weighted by molar-refractivity contribution is 6.62. The van der Waals surface area contributed by atoms with Gasteiger partial charge in [-0.2, -0.15) is 5.26 Å². The van der Waals surface area contributed by atoms with E-state index in [0.29, 0.717) is 31.0 Å². The zero-order valence-electron chi connectivity index (χ0n) is 20.4. The molecule has 0 N–H and O–H groups in total. The Morgan fingerprint density at radius 3 is 2.34 bits per heavy atom. The standard InChI is InChI=1S/C23H35BN4O4/c1-21(2,3)30-20(29)28-11-9-8-10-27(12-13-28)19-17(15-25)14-18(16-26-19)24-31-22(4,5)23(6,7)32-24/h14,16H,8-13H2,1-7H3. The summed E-state index contributed by atoms with van der Waals surface area (Å²) in [5.41, 5.74) is -0.250. The predicted molar refractivity (Wildman–Crippen MR) is 124 cm³/mol. The zero-order valence-corrected chi connectivity index (χ0v) is 20.4. The zero-order chi connectivity index (χ0) is 23.7. The molecule has 2 fully saturated rings. The molecule has 0 unspecified atom stereocenters. The number of ether oxygens (including phenoxy) is 1. The number of hydrogen-bond donors (Lipinski definition) is 0. The van der Waals surface area contributed by atoms with Crippen LogP contribution in [0.5, 0.6) is 0 Å². The molecule has 0 bridgehead atoms. The second-order valence-electron chi connectivity index (χ2n) is 10.5. The molecule has 1 amide bonds. The van der Waals surface area contributed by atoms with E-state index in [2.05, 4.69) is 16.0 Å². The Bertz CT molecular complexity index is 875. The molecule has 0 saturated carbocycles. The van der Waals surface area contributed by atoms with Crippen LogP contribution in [0.3, 0.4) is 0 Å². The largest absolute Gasteiger partial charge is 0.496 e. The Morgan fingerprint density at radius 2 is 1.75 bits per heavy atom. The lowest BCUT2D eigenvalue weighted by Crippen LogP contribution is -2.44. The van der Waals surface area contributed by atoms with Crippen LogP contribution in [-0.2, 0) is 14.0 Å². The van der Waals surface area contributed by atoms with Gasteiger partial charge >= 0.3 is 13.2 Å². The fraction of sp³-hybridized carbons (Fsp3) is 0.696. The van der Waals surface area contributed by atoms with Crippen LogP contribution >= 0.6 is 0 Å². The molecule has 8 nitrogen and oxygen atoms in total. The Morgan fingerprint density at radius 1 is 1.12 bits per heavy atom. The lowest BCUT2D eigenvalue weighted by atomic mass is 9.79. The molecule has 2 aliphatic heterocycles. The van der Waals surface area contributed by atoms with Crippen molar-refractivity contribution in [3.05, 3.63) is 17.8 Å².